The molecule has 0 radical (unpaired) electrons. The van der Waals surface area contributed by atoms with Crippen molar-refractivity contribution in [1.29, 1.82) is 5.26 Å². The van der Waals surface area contributed by atoms with Crippen molar-refractivity contribution in [1.82, 2.24) is 4.98 Å². The summed E-state index contributed by atoms with van der Waals surface area (Å²) < 4.78 is 5.27. The number of thioether (sulfide) groups is 1. The summed E-state index contributed by atoms with van der Waals surface area (Å²) in [6.07, 6.45) is 0. The number of nitrogens with zero attached hydrogens (tertiary/aromatic N) is 2. The molecule has 1 aromatic carbocycles. The summed E-state index contributed by atoms with van der Waals surface area (Å²) in [6, 6.07) is 7.80. The van der Waals surface area contributed by atoms with Crippen LogP contribution in [0.2, 0.25) is 0 Å². The van der Waals surface area contributed by atoms with E-state index in [1.54, 1.807) is 7.11 Å². The fraction of sp³-hybridized carbons (Fsp3) is 0.316. The smallest absolute Gasteiger partial charge is 0.234 e. The van der Waals surface area contributed by atoms with E-state index >= 15 is 0 Å². The molecule has 0 aliphatic rings. The number of carbonyl (C=O) groups excluding carboxylic acids is 1. The Hall–Kier alpha value is -2.52. The SMILES string of the molecule is COc1ccc(C)cc1NC(=O)CSc1nc(C)c(C)c(C)c1C#N. The number of rotatable bonds is 5. The maximum atomic E-state index is 12.3. The van der Waals surface area contributed by atoms with Crippen LogP contribution in [0.5, 0.6) is 5.75 Å². The molecule has 0 aliphatic carbocycles. The molecule has 1 aromatic heterocycles. The van der Waals surface area contributed by atoms with Crippen molar-refractivity contribution in [3.63, 3.8) is 0 Å². The van der Waals surface area contributed by atoms with Crippen LogP contribution in [-0.4, -0.2) is 23.8 Å². The summed E-state index contributed by atoms with van der Waals surface area (Å²) in [7, 11) is 1.57. The topological polar surface area (TPSA) is 75.0 Å². The van der Waals surface area contributed by atoms with Crippen molar-refractivity contribution in [2.75, 3.05) is 18.2 Å². The molecular weight excluding hydrogens is 334 g/mol. The van der Waals surface area contributed by atoms with Gasteiger partial charge in [-0.2, -0.15) is 5.26 Å². The van der Waals surface area contributed by atoms with Crippen LogP contribution in [-0.2, 0) is 4.79 Å². The van der Waals surface area contributed by atoms with Crippen LogP contribution in [0.3, 0.4) is 0 Å². The van der Waals surface area contributed by atoms with Crippen molar-refractivity contribution in [2.45, 2.75) is 32.7 Å². The van der Waals surface area contributed by atoms with E-state index in [9.17, 15) is 10.1 Å². The van der Waals surface area contributed by atoms with E-state index < -0.39 is 0 Å². The Balaban J connectivity index is 2.14. The highest BCUT2D eigenvalue weighted by atomic mass is 32.2. The number of anilines is 1. The van der Waals surface area contributed by atoms with E-state index in [0.29, 0.717) is 22.0 Å². The number of pyridine rings is 1. The summed E-state index contributed by atoms with van der Waals surface area (Å²) in [5.41, 5.74) is 5.00. The van der Waals surface area contributed by atoms with E-state index in [0.717, 1.165) is 22.4 Å². The molecule has 0 spiro atoms. The van der Waals surface area contributed by atoms with Gasteiger partial charge >= 0.3 is 0 Å². The lowest BCUT2D eigenvalue weighted by Crippen LogP contribution is -2.15. The van der Waals surface area contributed by atoms with Crippen LogP contribution in [0.25, 0.3) is 0 Å². The number of ether oxygens (including phenoxy) is 1. The third kappa shape index (κ3) is 4.31. The first-order valence-electron chi connectivity index (χ1n) is 7.82. The molecule has 0 saturated carbocycles. The Bertz CT molecular complexity index is 857. The van der Waals surface area contributed by atoms with E-state index in [-0.39, 0.29) is 11.7 Å². The number of benzene rings is 1. The summed E-state index contributed by atoms with van der Waals surface area (Å²) in [4.78, 5) is 16.8. The third-order valence-corrected chi connectivity index (χ3v) is 5.02. The van der Waals surface area contributed by atoms with Gasteiger partial charge in [-0.1, -0.05) is 17.8 Å². The zero-order valence-electron chi connectivity index (χ0n) is 15.1. The molecule has 5 nitrogen and oxygen atoms in total. The Morgan fingerprint density at radius 3 is 2.64 bits per heavy atom. The average molecular weight is 355 g/mol. The second kappa shape index (κ2) is 8.04. The molecule has 0 bridgehead atoms. The molecule has 0 unspecified atom stereocenters. The maximum Gasteiger partial charge on any atom is 0.234 e. The van der Waals surface area contributed by atoms with E-state index in [4.69, 9.17) is 4.74 Å². The van der Waals surface area contributed by atoms with Gasteiger partial charge in [-0.05, 0) is 56.5 Å². The number of methoxy groups -OCH3 is 1. The molecule has 2 rings (SSSR count). The van der Waals surface area contributed by atoms with Crippen LogP contribution in [0.4, 0.5) is 5.69 Å². The predicted octanol–water partition coefficient (Wildman–Crippen LogP) is 3.93. The van der Waals surface area contributed by atoms with Gasteiger partial charge in [-0.25, -0.2) is 4.98 Å². The van der Waals surface area contributed by atoms with Crippen LogP contribution in [0, 0.1) is 39.0 Å². The van der Waals surface area contributed by atoms with Gasteiger partial charge in [0.2, 0.25) is 5.91 Å². The number of nitriles is 1. The molecule has 0 atom stereocenters. The zero-order valence-corrected chi connectivity index (χ0v) is 15.9. The molecule has 1 heterocycles. The van der Waals surface area contributed by atoms with Crippen molar-refractivity contribution in [2.24, 2.45) is 0 Å². The van der Waals surface area contributed by atoms with Crippen molar-refractivity contribution < 1.29 is 9.53 Å². The van der Waals surface area contributed by atoms with Crippen LogP contribution >= 0.6 is 11.8 Å². The maximum absolute atomic E-state index is 12.3. The second-order valence-corrected chi connectivity index (χ2v) is 6.74. The van der Waals surface area contributed by atoms with Gasteiger partial charge in [0.1, 0.15) is 16.8 Å². The largest absolute Gasteiger partial charge is 0.495 e. The van der Waals surface area contributed by atoms with Gasteiger partial charge in [0.15, 0.2) is 0 Å². The minimum absolute atomic E-state index is 0.167. The summed E-state index contributed by atoms with van der Waals surface area (Å²) in [6.45, 7) is 7.71. The average Bonchev–Trinajstić information content (AvgIpc) is 2.58. The molecule has 0 saturated heterocycles. The number of hydrogen-bond acceptors (Lipinski definition) is 5. The summed E-state index contributed by atoms with van der Waals surface area (Å²) in [5.74, 6) is 0.609. The Labute approximate surface area is 152 Å². The first-order chi connectivity index (χ1) is 11.9. The van der Waals surface area contributed by atoms with Gasteiger partial charge in [0.25, 0.3) is 0 Å². The zero-order chi connectivity index (χ0) is 18.6. The van der Waals surface area contributed by atoms with Crippen molar-refractivity contribution in [3.05, 3.63) is 46.1 Å². The van der Waals surface area contributed by atoms with Gasteiger partial charge in [-0.3, -0.25) is 4.79 Å². The third-order valence-electron chi connectivity index (χ3n) is 4.04. The summed E-state index contributed by atoms with van der Waals surface area (Å²) in [5, 5.41) is 12.8. The lowest BCUT2D eigenvalue weighted by molar-refractivity contribution is -0.113. The number of aryl methyl sites for hydroxylation is 2. The Morgan fingerprint density at radius 1 is 1.28 bits per heavy atom. The lowest BCUT2D eigenvalue weighted by atomic mass is 10.1. The van der Waals surface area contributed by atoms with Gasteiger partial charge in [-0.15, -0.1) is 0 Å². The van der Waals surface area contributed by atoms with Gasteiger partial charge in [0.05, 0.1) is 24.1 Å². The lowest BCUT2D eigenvalue weighted by Gasteiger charge is -2.12. The fourth-order valence-corrected chi connectivity index (χ4v) is 3.27. The number of carbonyl (C=O) groups is 1. The Morgan fingerprint density at radius 2 is 2.00 bits per heavy atom. The molecule has 1 N–H and O–H groups in total. The fourth-order valence-electron chi connectivity index (χ4n) is 2.39. The number of hydrogen-bond donors (Lipinski definition) is 1. The minimum atomic E-state index is -0.171. The van der Waals surface area contributed by atoms with E-state index in [1.807, 2.05) is 45.9 Å². The van der Waals surface area contributed by atoms with Gasteiger partial charge < -0.3 is 10.1 Å². The number of amides is 1. The summed E-state index contributed by atoms with van der Waals surface area (Å²) >= 11 is 1.27. The highest BCUT2D eigenvalue weighted by Gasteiger charge is 2.15. The van der Waals surface area contributed by atoms with E-state index in [1.165, 1.54) is 11.8 Å². The quantitative estimate of drug-likeness (QED) is 0.823. The first kappa shape index (κ1) is 18.8. The number of aromatic nitrogens is 1. The van der Waals surface area contributed by atoms with E-state index in [2.05, 4.69) is 16.4 Å². The molecule has 25 heavy (non-hydrogen) atoms. The van der Waals surface area contributed by atoms with Crippen LogP contribution < -0.4 is 10.1 Å². The molecule has 130 valence electrons. The first-order valence-corrected chi connectivity index (χ1v) is 8.81. The highest BCUT2D eigenvalue weighted by molar-refractivity contribution is 8.00. The van der Waals surface area contributed by atoms with Crippen molar-refractivity contribution >= 4 is 23.4 Å². The molecule has 0 fully saturated rings. The second-order valence-electron chi connectivity index (χ2n) is 5.78. The van der Waals surface area contributed by atoms with Crippen molar-refractivity contribution in [3.8, 4) is 11.8 Å². The Kier molecular flexibility index (Phi) is 6.05. The minimum Gasteiger partial charge on any atom is -0.495 e. The molecule has 0 aliphatic heterocycles. The molecular formula is C19H21N3O2S. The highest BCUT2D eigenvalue weighted by Crippen LogP contribution is 2.28. The molecule has 2 aromatic rings. The molecule has 6 heteroatoms. The standard InChI is InChI=1S/C19H21N3O2S/c1-11-6-7-17(24-5)16(8-11)22-18(23)10-25-19-15(9-20)13(3)12(2)14(4)21-19/h6-8H,10H2,1-5H3,(H,22,23). The monoisotopic (exact) mass is 355 g/mol. The van der Waals surface area contributed by atoms with Gasteiger partial charge in [0, 0.05) is 5.69 Å². The van der Waals surface area contributed by atoms with Crippen LogP contribution in [0.1, 0.15) is 27.9 Å². The normalized spacial score (nSPS) is 10.2. The molecule has 1 amide bonds. The van der Waals surface area contributed by atoms with Crippen LogP contribution in [0.15, 0.2) is 23.2 Å². The number of nitrogens with one attached hydrogen (secondary N) is 1. The predicted molar refractivity (Wildman–Crippen MR) is 100 cm³/mol.